The summed E-state index contributed by atoms with van der Waals surface area (Å²) in [5, 5.41) is 9.79. The van der Waals surface area contributed by atoms with Gasteiger partial charge in [0.25, 0.3) is 0 Å². The number of hydrogen-bond acceptors (Lipinski definition) is 2. The van der Waals surface area contributed by atoms with Crippen LogP contribution in [0.2, 0.25) is 5.02 Å². The fourth-order valence-electron chi connectivity index (χ4n) is 2.19. The summed E-state index contributed by atoms with van der Waals surface area (Å²) in [6.45, 7) is 2.95. The number of nitrogens with zero attached hydrogens (tertiary/aromatic N) is 2. The molecule has 0 atom stereocenters. The fourth-order valence-corrected chi connectivity index (χ4v) is 2.61. The molecule has 2 rings (SSSR count). The highest BCUT2D eigenvalue weighted by Crippen LogP contribution is 2.35. The van der Waals surface area contributed by atoms with E-state index in [9.17, 15) is 13.2 Å². The molecule has 4 nitrogen and oxygen atoms in total. The number of hydrogen-bond donors (Lipinski definition) is 2. The zero-order chi connectivity index (χ0) is 18.4. The van der Waals surface area contributed by atoms with Crippen molar-refractivity contribution >= 4 is 28.9 Å². The number of halogens is 4. The van der Waals surface area contributed by atoms with E-state index < -0.39 is 11.9 Å². The number of benzene rings is 1. The molecular formula is C16H18ClF3N4S. The Balaban J connectivity index is 1.75. The average molecular weight is 391 g/mol. The molecular weight excluding hydrogens is 373 g/mol. The highest BCUT2D eigenvalue weighted by atomic mass is 35.5. The van der Waals surface area contributed by atoms with E-state index in [4.69, 9.17) is 23.8 Å². The topological polar surface area (TPSA) is 41.9 Å². The van der Waals surface area contributed by atoms with Gasteiger partial charge in [-0.25, -0.2) is 0 Å². The molecule has 0 fully saturated rings. The quantitative estimate of drug-likeness (QED) is 0.579. The molecule has 2 N–H and O–H groups in total. The molecule has 0 spiro atoms. The van der Waals surface area contributed by atoms with Crippen molar-refractivity contribution in [3.63, 3.8) is 0 Å². The molecule has 0 amide bonds. The minimum Gasteiger partial charge on any atom is -0.363 e. The molecule has 0 saturated heterocycles. The Morgan fingerprint density at radius 2 is 1.92 bits per heavy atom. The van der Waals surface area contributed by atoms with Crippen LogP contribution in [0.4, 0.5) is 13.2 Å². The first-order chi connectivity index (χ1) is 11.8. The van der Waals surface area contributed by atoms with Gasteiger partial charge < -0.3 is 10.6 Å². The SMILES string of the molecule is Cc1c(Cl)c(C(F)(F)F)nn1CCCNC(=S)NCc1ccccc1. The van der Waals surface area contributed by atoms with Gasteiger partial charge in [0.05, 0.1) is 10.7 Å². The van der Waals surface area contributed by atoms with Gasteiger partial charge in [-0.3, -0.25) is 4.68 Å². The van der Waals surface area contributed by atoms with Crippen LogP contribution in [0.25, 0.3) is 0 Å². The smallest absolute Gasteiger partial charge is 0.363 e. The minimum atomic E-state index is -4.55. The summed E-state index contributed by atoms with van der Waals surface area (Å²) in [5.74, 6) is 0. The maximum absolute atomic E-state index is 12.8. The Kier molecular flexibility index (Phi) is 6.66. The van der Waals surface area contributed by atoms with Gasteiger partial charge in [-0.05, 0) is 31.1 Å². The van der Waals surface area contributed by atoms with E-state index in [-0.39, 0.29) is 5.02 Å². The molecule has 0 radical (unpaired) electrons. The fraction of sp³-hybridized carbons (Fsp3) is 0.375. The van der Waals surface area contributed by atoms with E-state index >= 15 is 0 Å². The van der Waals surface area contributed by atoms with Crippen molar-refractivity contribution in [2.24, 2.45) is 0 Å². The van der Waals surface area contributed by atoms with E-state index in [1.807, 2.05) is 30.3 Å². The second-order valence-electron chi connectivity index (χ2n) is 5.42. The summed E-state index contributed by atoms with van der Waals surface area (Å²) in [6, 6.07) is 9.80. The van der Waals surface area contributed by atoms with E-state index in [1.54, 1.807) is 0 Å². The van der Waals surface area contributed by atoms with Crippen molar-refractivity contribution in [1.82, 2.24) is 20.4 Å². The molecule has 1 aromatic heterocycles. The summed E-state index contributed by atoms with van der Waals surface area (Å²) in [6.07, 6.45) is -3.99. The van der Waals surface area contributed by atoms with Gasteiger partial charge in [-0.15, -0.1) is 0 Å². The van der Waals surface area contributed by atoms with E-state index in [2.05, 4.69) is 15.7 Å². The summed E-state index contributed by atoms with van der Waals surface area (Å²) in [5.41, 5.74) is 0.367. The lowest BCUT2D eigenvalue weighted by Crippen LogP contribution is -2.35. The van der Waals surface area contributed by atoms with Crippen LogP contribution in [0, 0.1) is 6.92 Å². The van der Waals surface area contributed by atoms with E-state index in [0.717, 1.165) is 5.56 Å². The first-order valence-corrected chi connectivity index (χ1v) is 8.43. The molecule has 1 heterocycles. The third-order valence-electron chi connectivity index (χ3n) is 3.53. The highest BCUT2D eigenvalue weighted by Gasteiger charge is 2.38. The minimum absolute atomic E-state index is 0.304. The third kappa shape index (κ3) is 5.61. The van der Waals surface area contributed by atoms with Gasteiger partial charge in [0.1, 0.15) is 0 Å². The van der Waals surface area contributed by atoms with Crippen LogP contribution in [0.3, 0.4) is 0 Å². The number of thiocarbonyl (C=S) groups is 1. The normalized spacial score (nSPS) is 11.4. The molecule has 0 aliphatic heterocycles. The molecule has 9 heteroatoms. The van der Waals surface area contributed by atoms with E-state index in [1.165, 1.54) is 11.6 Å². The molecule has 0 aliphatic rings. The first-order valence-electron chi connectivity index (χ1n) is 7.64. The van der Waals surface area contributed by atoms with Crippen LogP contribution < -0.4 is 10.6 Å². The number of aryl methyl sites for hydroxylation is 1. The van der Waals surface area contributed by atoms with Crippen molar-refractivity contribution in [2.45, 2.75) is 32.6 Å². The predicted octanol–water partition coefficient (Wildman–Crippen LogP) is 3.92. The highest BCUT2D eigenvalue weighted by molar-refractivity contribution is 7.80. The lowest BCUT2D eigenvalue weighted by molar-refractivity contribution is -0.141. The second kappa shape index (κ2) is 8.53. The summed E-state index contributed by atoms with van der Waals surface area (Å²) < 4.78 is 39.6. The van der Waals surface area contributed by atoms with Gasteiger partial charge >= 0.3 is 6.18 Å². The Morgan fingerprint density at radius 3 is 2.52 bits per heavy atom. The molecule has 0 unspecified atom stereocenters. The van der Waals surface area contributed by atoms with Crippen molar-refractivity contribution < 1.29 is 13.2 Å². The summed E-state index contributed by atoms with van der Waals surface area (Å²) >= 11 is 10.9. The zero-order valence-electron chi connectivity index (χ0n) is 13.5. The van der Waals surface area contributed by atoms with Crippen LogP contribution in [0.15, 0.2) is 30.3 Å². The van der Waals surface area contributed by atoms with Crippen molar-refractivity contribution in [3.05, 3.63) is 52.3 Å². The maximum Gasteiger partial charge on any atom is 0.436 e. The molecule has 2 aromatic rings. The van der Waals surface area contributed by atoms with Crippen LogP contribution in [0.1, 0.15) is 23.4 Å². The van der Waals surface area contributed by atoms with Crippen molar-refractivity contribution in [2.75, 3.05) is 6.54 Å². The van der Waals surface area contributed by atoms with E-state index in [0.29, 0.717) is 36.9 Å². The van der Waals surface area contributed by atoms with Crippen LogP contribution >= 0.6 is 23.8 Å². The van der Waals surface area contributed by atoms with Gasteiger partial charge in [0, 0.05) is 19.6 Å². The van der Waals surface area contributed by atoms with Gasteiger partial charge in [0.2, 0.25) is 0 Å². The number of nitrogens with one attached hydrogen (secondary N) is 2. The summed E-state index contributed by atoms with van der Waals surface area (Å²) in [7, 11) is 0. The average Bonchev–Trinajstić information content (AvgIpc) is 2.86. The Labute approximate surface area is 154 Å². The first kappa shape index (κ1) is 19.5. The van der Waals surface area contributed by atoms with Gasteiger partial charge in [-0.1, -0.05) is 41.9 Å². The van der Waals surface area contributed by atoms with Crippen LogP contribution in [-0.2, 0) is 19.3 Å². The largest absolute Gasteiger partial charge is 0.436 e. The molecule has 0 saturated carbocycles. The van der Waals surface area contributed by atoms with Crippen LogP contribution in [-0.4, -0.2) is 21.4 Å². The Morgan fingerprint density at radius 1 is 1.24 bits per heavy atom. The summed E-state index contributed by atoms with van der Waals surface area (Å²) in [4.78, 5) is 0. The molecule has 136 valence electrons. The lowest BCUT2D eigenvalue weighted by Gasteiger charge is -2.11. The number of alkyl halides is 3. The third-order valence-corrected chi connectivity index (χ3v) is 4.27. The lowest BCUT2D eigenvalue weighted by atomic mass is 10.2. The Bertz CT molecular complexity index is 716. The molecule has 1 aromatic carbocycles. The van der Waals surface area contributed by atoms with Crippen LogP contribution in [0.5, 0.6) is 0 Å². The number of rotatable bonds is 6. The van der Waals surface area contributed by atoms with Gasteiger partial charge in [0.15, 0.2) is 10.8 Å². The standard InChI is InChI=1S/C16H18ClF3N4S/c1-11-13(17)14(16(18,19)20)23-24(11)9-5-8-21-15(25)22-10-12-6-3-2-4-7-12/h2-4,6-7H,5,8-10H2,1H3,(H2,21,22,25). The monoisotopic (exact) mass is 390 g/mol. The molecule has 0 aliphatic carbocycles. The van der Waals surface area contributed by atoms with Crippen molar-refractivity contribution in [3.8, 4) is 0 Å². The Hall–Kier alpha value is -1.80. The molecule has 0 bridgehead atoms. The second-order valence-corrected chi connectivity index (χ2v) is 6.20. The maximum atomic E-state index is 12.8. The zero-order valence-corrected chi connectivity index (χ0v) is 15.1. The number of aromatic nitrogens is 2. The van der Waals surface area contributed by atoms with Gasteiger partial charge in [-0.2, -0.15) is 18.3 Å². The molecule has 25 heavy (non-hydrogen) atoms. The van der Waals surface area contributed by atoms with Crippen molar-refractivity contribution in [1.29, 1.82) is 0 Å². The predicted molar refractivity (Wildman–Crippen MR) is 95.5 cm³/mol.